The van der Waals surface area contributed by atoms with Gasteiger partial charge in [0.25, 0.3) is 0 Å². The van der Waals surface area contributed by atoms with E-state index in [0.717, 1.165) is 89.9 Å². The maximum Gasteiger partial charge on any atom is 0.306 e. The van der Waals surface area contributed by atoms with Crippen molar-refractivity contribution in [2.45, 2.75) is 155 Å². The van der Waals surface area contributed by atoms with E-state index in [4.69, 9.17) is 14.2 Å². The smallest absolute Gasteiger partial charge is 0.306 e. The SMILES string of the molecule is CC\C=C/C=C\C=C/C=C\C=C/CCCC(=O)OCC(COC(=O)CCCCC\C=C/C=C\C=C\C=C/C=C\C=C/C=C\CC)OC(=O)CCCCC/C=C\C/C=C\C/C=C\C/C=C\C/C=C\CC. The highest BCUT2D eigenvalue weighted by molar-refractivity contribution is 5.71. The zero-order valence-corrected chi connectivity index (χ0v) is 42.7. The summed E-state index contributed by atoms with van der Waals surface area (Å²) in [4.78, 5) is 38.0. The molecule has 1 unspecified atom stereocenters. The van der Waals surface area contributed by atoms with Crippen molar-refractivity contribution in [3.05, 3.63) is 207 Å². The zero-order valence-electron chi connectivity index (χ0n) is 42.7. The number of ether oxygens (including phenoxy) is 3. The average Bonchev–Trinajstić information content (AvgIpc) is 3.35. The second-order valence-electron chi connectivity index (χ2n) is 15.9. The van der Waals surface area contributed by atoms with E-state index < -0.39 is 6.10 Å². The van der Waals surface area contributed by atoms with E-state index in [9.17, 15) is 14.4 Å². The molecular formula is C63H88O6. The van der Waals surface area contributed by atoms with Gasteiger partial charge in [0.1, 0.15) is 13.2 Å². The van der Waals surface area contributed by atoms with Crippen LogP contribution in [-0.2, 0) is 28.6 Å². The molecule has 0 aromatic carbocycles. The Morgan fingerprint density at radius 3 is 1.01 bits per heavy atom. The van der Waals surface area contributed by atoms with Crippen LogP contribution in [0.3, 0.4) is 0 Å². The molecule has 0 aliphatic carbocycles. The highest BCUT2D eigenvalue weighted by Gasteiger charge is 2.19. The normalized spacial score (nSPS) is 13.8. The minimum atomic E-state index is -0.858. The number of unbranched alkanes of at least 4 members (excludes halogenated alkanes) is 7. The Bertz CT molecular complexity index is 1790. The largest absolute Gasteiger partial charge is 0.462 e. The zero-order chi connectivity index (χ0) is 50.0. The van der Waals surface area contributed by atoms with Crippen LogP contribution in [0.1, 0.15) is 149 Å². The summed E-state index contributed by atoms with van der Waals surface area (Å²) in [5, 5.41) is 0. The Labute approximate surface area is 419 Å². The van der Waals surface area contributed by atoms with Gasteiger partial charge >= 0.3 is 17.9 Å². The first-order valence-electron chi connectivity index (χ1n) is 25.8. The molecule has 6 nitrogen and oxygen atoms in total. The molecule has 376 valence electrons. The lowest BCUT2D eigenvalue weighted by molar-refractivity contribution is -0.167. The number of hydrogen-bond donors (Lipinski definition) is 0. The Kier molecular flexibility index (Phi) is 49.8. The van der Waals surface area contributed by atoms with Gasteiger partial charge in [-0.15, -0.1) is 0 Å². The molecule has 69 heavy (non-hydrogen) atoms. The summed E-state index contributed by atoms with van der Waals surface area (Å²) in [6.07, 6.45) is 85.2. The molecular weight excluding hydrogens is 853 g/mol. The van der Waals surface area contributed by atoms with Gasteiger partial charge in [-0.1, -0.05) is 240 Å². The minimum absolute atomic E-state index is 0.152. The molecule has 0 radical (unpaired) electrons. The number of hydrogen-bond acceptors (Lipinski definition) is 6. The van der Waals surface area contributed by atoms with Crippen molar-refractivity contribution in [2.75, 3.05) is 13.2 Å². The summed E-state index contributed by atoms with van der Waals surface area (Å²) in [6.45, 7) is 6.05. The molecule has 0 aliphatic heterocycles. The number of rotatable bonds is 42. The molecule has 0 aromatic rings. The van der Waals surface area contributed by atoms with Gasteiger partial charge in [0.05, 0.1) is 0 Å². The van der Waals surface area contributed by atoms with E-state index in [2.05, 4.69) is 99.8 Å². The standard InChI is InChI=1S/C63H88O6/c1-4-7-10-13-16-19-22-25-27-29-31-33-35-38-41-44-47-50-53-56-62(65)68-59-60(58-67-61(64)55-52-49-46-43-40-37-24-21-18-15-12-9-6-3)69-63(66)57-54-51-48-45-42-39-36-34-32-30-28-26-23-20-17-14-11-8-5-2/h7-13,15-22,24-29,31-35,37-43,46,60H,4-6,14,23,30,36,44-45,47-59H2,1-3H3/b10-7-,11-8-,12-9-,16-13-,18-15-,20-17-,22-19-,24-21-,27-25-,28-26-,31-29+,34-32-,35-33-,40-37-,41-38-,42-39-,46-43-. The molecule has 0 rings (SSSR count). The van der Waals surface area contributed by atoms with E-state index in [-0.39, 0.29) is 50.4 Å². The van der Waals surface area contributed by atoms with Gasteiger partial charge < -0.3 is 14.2 Å². The molecule has 1 atom stereocenters. The fourth-order valence-electron chi connectivity index (χ4n) is 5.83. The quantitative estimate of drug-likeness (QED) is 0.0199. The Hall–Kier alpha value is -6.01. The van der Waals surface area contributed by atoms with Crippen molar-refractivity contribution < 1.29 is 28.6 Å². The molecule has 0 heterocycles. The van der Waals surface area contributed by atoms with Crippen molar-refractivity contribution in [3.8, 4) is 0 Å². The summed E-state index contributed by atoms with van der Waals surface area (Å²) in [7, 11) is 0. The third kappa shape index (κ3) is 52.8. The van der Waals surface area contributed by atoms with Crippen LogP contribution in [-0.4, -0.2) is 37.2 Å². The van der Waals surface area contributed by atoms with E-state index in [1.165, 1.54) is 0 Å². The van der Waals surface area contributed by atoms with Crippen LogP contribution < -0.4 is 0 Å². The second-order valence-corrected chi connectivity index (χ2v) is 15.9. The van der Waals surface area contributed by atoms with Gasteiger partial charge in [-0.2, -0.15) is 0 Å². The Morgan fingerprint density at radius 2 is 0.609 bits per heavy atom. The summed E-state index contributed by atoms with van der Waals surface area (Å²) < 4.78 is 16.7. The summed E-state index contributed by atoms with van der Waals surface area (Å²) in [5.74, 6) is -1.12. The number of esters is 3. The number of allylic oxidation sites excluding steroid dienone is 34. The van der Waals surface area contributed by atoms with Crippen molar-refractivity contribution in [1.82, 2.24) is 0 Å². The molecule has 0 N–H and O–H groups in total. The number of carbonyl (C=O) groups is 3. The molecule has 0 aliphatic rings. The van der Waals surface area contributed by atoms with E-state index in [0.29, 0.717) is 19.3 Å². The topological polar surface area (TPSA) is 78.9 Å². The fraction of sp³-hybridized carbons (Fsp3) is 0.413. The second kappa shape index (κ2) is 54.6. The molecule has 6 heteroatoms. The third-order valence-electron chi connectivity index (χ3n) is 9.59. The van der Waals surface area contributed by atoms with Gasteiger partial charge in [0.2, 0.25) is 0 Å². The molecule has 0 saturated heterocycles. The fourth-order valence-corrected chi connectivity index (χ4v) is 5.83. The first-order chi connectivity index (χ1) is 34.0. The molecule has 0 aromatic heterocycles. The van der Waals surface area contributed by atoms with Crippen LogP contribution in [0.4, 0.5) is 0 Å². The number of carbonyl (C=O) groups excluding carboxylic acids is 3. The molecule has 0 bridgehead atoms. The van der Waals surface area contributed by atoms with E-state index >= 15 is 0 Å². The van der Waals surface area contributed by atoms with E-state index in [1.54, 1.807) is 0 Å². The van der Waals surface area contributed by atoms with Crippen LogP contribution in [0, 0.1) is 0 Å². The first-order valence-corrected chi connectivity index (χ1v) is 25.8. The molecule has 0 fully saturated rings. The average molecular weight is 941 g/mol. The predicted octanol–water partition coefficient (Wildman–Crippen LogP) is 17.3. The van der Waals surface area contributed by atoms with Crippen LogP contribution in [0.15, 0.2) is 207 Å². The third-order valence-corrected chi connectivity index (χ3v) is 9.59. The maximum atomic E-state index is 12.8. The molecule has 0 saturated carbocycles. The Morgan fingerprint density at radius 1 is 0.304 bits per heavy atom. The van der Waals surface area contributed by atoms with Crippen LogP contribution in [0.2, 0.25) is 0 Å². The van der Waals surface area contributed by atoms with Crippen molar-refractivity contribution in [2.24, 2.45) is 0 Å². The van der Waals surface area contributed by atoms with Gasteiger partial charge in [-0.25, -0.2) is 0 Å². The maximum absolute atomic E-state index is 12.8. The molecule has 0 amide bonds. The molecule has 0 spiro atoms. The highest BCUT2D eigenvalue weighted by atomic mass is 16.6. The van der Waals surface area contributed by atoms with Gasteiger partial charge in [0.15, 0.2) is 6.10 Å². The van der Waals surface area contributed by atoms with Crippen LogP contribution in [0.25, 0.3) is 0 Å². The van der Waals surface area contributed by atoms with Crippen LogP contribution in [0.5, 0.6) is 0 Å². The predicted molar refractivity (Wildman–Crippen MR) is 297 cm³/mol. The first kappa shape index (κ1) is 63.0. The lowest BCUT2D eigenvalue weighted by Gasteiger charge is -2.18. The van der Waals surface area contributed by atoms with Crippen molar-refractivity contribution >= 4 is 17.9 Å². The minimum Gasteiger partial charge on any atom is -0.462 e. The van der Waals surface area contributed by atoms with Gasteiger partial charge in [-0.3, -0.25) is 14.4 Å². The summed E-state index contributed by atoms with van der Waals surface area (Å²) in [6, 6.07) is 0. The summed E-state index contributed by atoms with van der Waals surface area (Å²) in [5.41, 5.74) is 0. The lowest BCUT2D eigenvalue weighted by atomic mass is 10.1. The van der Waals surface area contributed by atoms with Crippen molar-refractivity contribution in [3.63, 3.8) is 0 Å². The highest BCUT2D eigenvalue weighted by Crippen LogP contribution is 2.10. The van der Waals surface area contributed by atoms with E-state index in [1.807, 2.05) is 128 Å². The van der Waals surface area contributed by atoms with Gasteiger partial charge in [-0.05, 0) is 96.3 Å². The monoisotopic (exact) mass is 941 g/mol. The van der Waals surface area contributed by atoms with Crippen molar-refractivity contribution in [1.29, 1.82) is 0 Å². The summed E-state index contributed by atoms with van der Waals surface area (Å²) >= 11 is 0. The Balaban J connectivity index is 4.70. The lowest BCUT2D eigenvalue weighted by Crippen LogP contribution is -2.30. The van der Waals surface area contributed by atoms with Crippen LogP contribution >= 0.6 is 0 Å². The van der Waals surface area contributed by atoms with Gasteiger partial charge in [0, 0.05) is 19.3 Å².